The molecule has 1 aromatic rings. The van der Waals surface area contributed by atoms with Crippen LogP contribution in [0, 0.1) is 17.0 Å². The largest absolute Gasteiger partial charge is 0.480 e. The molecule has 6 nitrogen and oxygen atoms in total. The number of nitro groups is 1. The quantitative estimate of drug-likeness (QED) is 0.673. The van der Waals surface area contributed by atoms with Crippen molar-refractivity contribution in [2.75, 3.05) is 23.0 Å². The van der Waals surface area contributed by atoms with Gasteiger partial charge < -0.3 is 10.0 Å². The van der Waals surface area contributed by atoms with Gasteiger partial charge in [0.2, 0.25) is 0 Å². The number of benzene rings is 1. The number of nitro benzene ring substituents is 1. The lowest BCUT2D eigenvalue weighted by molar-refractivity contribution is -0.384. The maximum Gasteiger partial charge on any atom is 0.327 e. The summed E-state index contributed by atoms with van der Waals surface area (Å²) in [6, 6.07) is 3.93. The van der Waals surface area contributed by atoms with Crippen LogP contribution in [0.5, 0.6) is 0 Å². The number of anilines is 1. The summed E-state index contributed by atoms with van der Waals surface area (Å²) < 4.78 is 0. The van der Waals surface area contributed by atoms with E-state index in [1.165, 1.54) is 12.1 Å². The number of non-ortho nitro benzene ring substituents is 1. The van der Waals surface area contributed by atoms with Crippen molar-refractivity contribution in [2.24, 2.45) is 0 Å². The summed E-state index contributed by atoms with van der Waals surface area (Å²) >= 11 is 1.59. The van der Waals surface area contributed by atoms with Crippen LogP contribution in [0.15, 0.2) is 18.2 Å². The highest BCUT2D eigenvalue weighted by Gasteiger charge is 2.30. The molecule has 0 aliphatic carbocycles. The van der Waals surface area contributed by atoms with Gasteiger partial charge in [0.25, 0.3) is 5.69 Å². The van der Waals surface area contributed by atoms with E-state index in [2.05, 4.69) is 0 Å². The second-order valence-electron chi connectivity index (χ2n) is 4.35. The molecule has 0 saturated carbocycles. The molecule has 0 spiro atoms. The van der Waals surface area contributed by atoms with E-state index >= 15 is 0 Å². The zero-order valence-corrected chi connectivity index (χ0v) is 11.2. The molecular formula is C12H14N2O4S. The van der Waals surface area contributed by atoms with Gasteiger partial charge in [-0.3, -0.25) is 10.1 Å². The SMILES string of the molecule is Cc1ccc([N+](=O)[O-])cc1N1CCSCC1C(=O)O. The number of carbonyl (C=O) groups is 1. The molecule has 0 bridgehead atoms. The van der Waals surface area contributed by atoms with Gasteiger partial charge in [0, 0.05) is 35.9 Å². The van der Waals surface area contributed by atoms with E-state index < -0.39 is 16.9 Å². The fourth-order valence-corrected chi connectivity index (χ4v) is 3.16. The van der Waals surface area contributed by atoms with Crippen molar-refractivity contribution in [2.45, 2.75) is 13.0 Å². The van der Waals surface area contributed by atoms with E-state index in [0.717, 1.165) is 11.3 Å². The van der Waals surface area contributed by atoms with Crippen molar-refractivity contribution in [3.8, 4) is 0 Å². The summed E-state index contributed by atoms with van der Waals surface area (Å²) in [5.41, 5.74) is 1.48. The smallest absolute Gasteiger partial charge is 0.327 e. The molecule has 1 unspecified atom stereocenters. The molecule has 1 saturated heterocycles. The number of aryl methyl sites for hydroxylation is 1. The van der Waals surface area contributed by atoms with E-state index in [0.29, 0.717) is 18.0 Å². The van der Waals surface area contributed by atoms with Crippen molar-refractivity contribution < 1.29 is 14.8 Å². The number of rotatable bonds is 3. The van der Waals surface area contributed by atoms with Crippen LogP contribution < -0.4 is 4.90 Å². The van der Waals surface area contributed by atoms with Crippen LogP contribution >= 0.6 is 11.8 Å². The van der Waals surface area contributed by atoms with E-state index in [4.69, 9.17) is 0 Å². The Morgan fingerprint density at radius 2 is 2.32 bits per heavy atom. The summed E-state index contributed by atoms with van der Waals surface area (Å²) in [5, 5.41) is 20.1. The average Bonchev–Trinajstić information content (AvgIpc) is 2.39. The van der Waals surface area contributed by atoms with Crippen LogP contribution in [0.4, 0.5) is 11.4 Å². The topological polar surface area (TPSA) is 83.7 Å². The molecule has 0 aromatic heterocycles. The highest BCUT2D eigenvalue weighted by Crippen LogP contribution is 2.30. The average molecular weight is 282 g/mol. The Hall–Kier alpha value is -1.76. The van der Waals surface area contributed by atoms with Crippen LogP contribution in [0.3, 0.4) is 0 Å². The van der Waals surface area contributed by atoms with Crippen molar-refractivity contribution in [1.82, 2.24) is 0 Å². The van der Waals surface area contributed by atoms with Crippen LogP contribution in [0.25, 0.3) is 0 Å². The number of aliphatic carboxylic acids is 1. The first kappa shape index (κ1) is 13.7. The van der Waals surface area contributed by atoms with Gasteiger partial charge in [0.15, 0.2) is 0 Å². The van der Waals surface area contributed by atoms with Gasteiger partial charge in [-0.25, -0.2) is 4.79 Å². The van der Waals surface area contributed by atoms with E-state index in [9.17, 15) is 20.0 Å². The molecule has 1 fully saturated rings. The van der Waals surface area contributed by atoms with Crippen LogP contribution in [0.2, 0.25) is 0 Å². The molecule has 1 heterocycles. The third-order valence-electron chi connectivity index (χ3n) is 3.13. The number of thioether (sulfide) groups is 1. The van der Waals surface area contributed by atoms with Crippen LogP contribution in [-0.4, -0.2) is 40.1 Å². The second-order valence-corrected chi connectivity index (χ2v) is 5.50. The maximum atomic E-state index is 11.3. The van der Waals surface area contributed by atoms with Gasteiger partial charge in [-0.05, 0) is 12.5 Å². The molecule has 2 rings (SSSR count). The molecule has 19 heavy (non-hydrogen) atoms. The lowest BCUT2D eigenvalue weighted by atomic mass is 10.1. The fourth-order valence-electron chi connectivity index (χ4n) is 2.12. The molecule has 7 heteroatoms. The summed E-state index contributed by atoms with van der Waals surface area (Å²) in [6.45, 7) is 2.42. The third kappa shape index (κ3) is 2.81. The van der Waals surface area contributed by atoms with Gasteiger partial charge in [-0.15, -0.1) is 0 Å². The highest BCUT2D eigenvalue weighted by atomic mass is 32.2. The second kappa shape index (κ2) is 5.48. The first-order valence-corrected chi connectivity index (χ1v) is 6.98. The van der Waals surface area contributed by atoms with E-state index in [1.54, 1.807) is 22.7 Å². The Morgan fingerprint density at radius 1 is 1.58 bits per heavy atom. The summed E-state index contributed by atoms with van der Waals surface area (Å²) in [4.78, 5) is 23.4. The lowest BCUT2D eigenvalue weighted by Gasteiger charge is -2.35. The molecule has 0 radical (unpaired) electrons. The fraction of sp³-hybridized carbons (Fsp3) is 0.417. The molecule has 1 aromatic carbocycles. The standard InChI is InChI=1S/C12H14N2O4S/c1-8-2-3-9(14(17)18)6-10(8)13-4-5-19-7-11(13)12(15)16/h2-3,6,11H,4-5,7H2,1H3,(H,15,16). The first-order chi connectivity index (χ1) is 9.00. The molecule has 1 atom stereocenters. The monoisotopic (exact) mass is 282 g/mol. The summed E-state index contributed by atoms with van der Waals surface area (Å²) in [6.07, 6.45) is 0. The van der Waals surface area contributed by atoms with Crippen molar-refractivity contribution >= 4 is 29.1 Å². The molecule has 102 valence electrons. The Balaban J connectivity index is 2.40. The number of carboxylic acid groups (broad SMARTS) is 1. The highest BCUT2D eigenvalue weighted by molar-refractivity contribution is 7.99. The Labute approximate surface area is 114 Å². The Morgan fingerprint density at radius 3 is 2.95 bits per heavy atom. The summed E-state index contributed by atoms with van der Waals surface area (Å²) in [5.74, 6) is 0.432. The molecule has 1 N–H and O–H groups in total. The summed E-state index contributed by atoms with van der Waals surface area (Å²) in [7, 11) is 0. The van der Waals surface area contributed by atoms with Crippen molar-refractivity contribution in [3.05, 3.63) is 33.9 Å². The van der Waals surface area contributed by atoms with Crippen molar-refractivity contribution in [3.63, 3.8) is 0 Å². The minimum absolute atomic E-state index is 0.0111. The number of carboxylic acids is 1. The van der Waals surface area contributed by atoms with Gasteiger partial charge in [-0.1, -0.05) is 6.07 Å². The third-order valence-corrected chi connectivity index (χ3v) is 4.15. The molecule has 0 amide bonds. The van der Waals surface area contributed by atoms with Gasteiger partial charge in [0.05, 0.1) is 4.92 Å². The van der Waals surface area contributed by atoms with E-state index in [-0.39, 0.29) is 5.69 Å². The van der Waals surface area contributed by atoms with Crippen LogP contribution in [-0.2, 0) is 4.79 Å². The number of nitrogens with zero attached hydrogens (tertiary/aromatic N) is 2. The van der Waals surface area contributed by atoms with E-state index in [1.807, 2.05) is 6.92 Å². The predicted molar refractivity (Wildman–Crippen MR) is 73.9 cm³/mol. The van der Waals surface area contributed by atoms with Gasteiger partial charge >= 0.3 is 5.97 Å². The lowest BCUT2D eigenvalue weighted by Crippen LogP contribution is -2.47. The predicted octanol–water partition coefficient (Wildman–Crippen LogP) is 1.91. The minimum Gasteiger partial charge on any atom is -0.480 e. The maximum absolute atomic E-state index is 11.3. The Kier molecular flexibility index (Phi) is 3.94. The normalized spacial score (nSPS) is 19.2. The van der Waals surface area contributed by atoms with Crippen LogP contribution in [0.1, 0.15) is 5.56 Å². The zero-order valence-electron chi connectivity index (χ0n) is 10.4. The number of hydrogen-bond acceptors (Lipinski definition) is 5. The van der Waals surface area contributed by atoms with Gasteiger partial charge in [0.1, 0.15) is 6.04 Å². The van der Waals surface area contributed by atoms with Gasteiger partial charge in [-0.2, -0.15) is 11.8 Å². The van der Waals surface area contributed by atoms with Crippen molar-refractivity contribution in [1.29, 1.82) is 0 Å². The molecular weight excluding hydrogens is 268 g/mol. The minimum atomic E-state index is -0.891. The first-order valence-electron chi connectivity index (χ1n) is 5.83. The zero-order chi connectivity index (χ0) is 14.0. The number of hydrogen-bond donors (Lipinski definition) is 1. The Bertz CT molecular complexity index is 520. The molecule has 1 aliphatic rings. The molecule has 1 aliphatic heterocycles.